The lowest BCUT2D eigenvalue weighted by atomic mass is 10.1. The molecule has 2 N–H and O–H groups in total. The first-order chi connectivity index (χ1) is 6.68. The van der Waals surface area contributed by atoms with Gasteiger partial charge in [0.25, 0.3) is 0 Å². The minimum atomic E-state index is -0.321. The number of hydrogen-bond donors (Lipinski definition) is 1. The molecule has 2 rings (SSSR count). The van der Waals surface area contributed by atoms with Crippen molar-refractivity contribution in [2.45, 2.75) is 6.92 Å². The zero-order valence-corrected chi connectivity index (χ0v) is 7.62. The van der Waals surface area contributed by atoms with Crippen LogP contribution in [-0.2, 0) is 0 Å². The largest absolute Gasteiger partial charge is 0.368 e. The Morgan fingerprint density at radius 3 is 2.79 bits per heavy atom. The minimum absolute atomic E-state index is 0.183. The van der Waals surface area contributed by atoms with Gasteiger partial charge in [-0.05, 0) is 18.6 Å². The van der Waals surface area contributed by atoms with Gasteiger partial charge >= 0.3 is 0 Å². The molecule has 3 nitrogen and oxygen atoms in total. The summed E-state index contributed by atoms with van der Waals surface area (Å²) in [5, 5.41) is 3.67. The van der Waals surface area contributed by atoms with E-state index in [-0.39, 0.29) is 11.7 Å². The van der Waals surface area contributed by atoms with Crippen molar-refractivity contribution in [3.63, 3.8) is 0 Å². The predicted molar refractivity (Wildman–Crippen MR) is 51.0 cm³/mol. The second kappa shape index (κ2) is 3.14. The number of nitrogen functional groups attached to an aromatic ring is 1. The highest BCUT2D eigenvalue weighted by Gasteiger charge is 2.11. The molecule has 0 aliphatic carbocycles. The summed E-state index contributed by atoms with van der Waals surface area (Å²) in [4.78, 5) is 0. The zero-order chi connectivity index (χ0) is 10.1. The molecule has 72 valence electrons. The molecule has 1 heterocycles. The van der Waals surface area contributed by atoms with Crippen LogP contribution in [0.1, 0.15) is 5.56 Å². The Balaban J connectivity index is 2.61. The fraction of sp³-hybridized carbons (Fsp3) is 0.100. The third kappa shape index (κ3) is 1.35. The normalized spacial score (nSPS) is 10.4. The zero-order valence-electron chi connectivity index (χ0n) is 7.62. The van der Waals surface area contributed by atoms with Crippen LogP contribution in [0.25, 0.3) is 11.3 Å². The number of aryl methyl sites for hydroxylation is 1. The highest BCUT2D eigenvalue weighted by atomic mass is 19.1. The number of nitrogens with zero attached hydrogens (tertiary/aromatic N) is 1. The van der Waals surface area contributed by atoms with Crippen LogP contribution in [-0.4, -0.2) is 5.16 Å². The van der Waals surface area contributed by atoms with E-state index in [1.165, 1.54) is 12.1 Å². The number of benzene rings is 1. The van der Waals surface area contributed by atoms with Crippen LogP contribution in [0.5, 0.6) is 0 Å². The molecule has 0 spiro atoms. The second-order valence-electron chi connectivity index (χ2n) is 3.05. The Kier molecular flexibility index (Phi) is 1.96. The van der Waals surface area contributed by atoms with E-state index in [1.54, 1.807) is 6.07 Å². The summed E-state index contributed by atoms with van der Waals surface area (Å²) in [5.41, 5.74) is 7.04. The van der Waals surface area contributed by atoms with E-state index in [2.05, 4.69) is 5.16 Å². The van der Waals surface area contributed by atoms with Crippen LogP contribution in [0.4, 0.5) is 10.3 Å². The van der Waals surface area contributed by atoms with Gasteiger partial charge in [0.05, 0.1) is 0 Å². The van der Waals surface area contributed by atoms with Crippen LogP contribution in [0.3, 0.4) is 0 Å². The van der Waals surface area contributed by atoms with Crippen molar-refractivity contribution in [3.05, 3.63) is 35.6 Å². The van der Waals surface area contributed by atoms with Crippen molar-refractivity contribution in [3.8, 4) is 11.3 Å². The second-order valence-corrected chi connectivity index (χ2v) is 3.05. The van der Waals surface area contributed by atoms with E-state index in [1.807, 2.05) is 13.0 Å². The number of rotatable bonds is 1. The van der Waals surface area contributed by atoms with E-state index >= 15 is 0 Å². The predicted octanol–water partition coefficient (Wildman–Crippen LogP) is 2.37. The van der Waals surface area contributed by atoms with E-state index in [0.29, 0.717) is 11.3 Å². The maximum atomic E-state index is 13.4. The summed E-state index contributed by atoms with van der Waals surface area (Å²) in [7, 11) is 0. The fourth-order valence-corrected chi connectivity index (χ4v) is 1.36. The molecule has 1 aromatic carbocycles. The Morgan fingerprint density at radius 1 is 1.43 bits per heavy atom. The molecule has 0 unspecified atom stereocenters. The van der Waals surface area contributed by atoms with Gasteiger partial charge in [0.2, 0.25) is 5.88 Å². The average molecular weight is 192 g/mol. The average Bonchev–Trinajstić information content (AvgIpc) is 2.51. The monoisotopic (exact) mass is 192 g/mol. The number of nitrogens with two attached hydrogens (primary N) is 1. The van der Waals surface area contributed by atoms with Crippen LogP contribution in [0.2, 0.25) is 0 Å². The number of anilines is 1. The third-order valence-electron chi connectivity index (χ3n) is 2.01. The van der Waals surface area contributed by atoms with E-state index in [9.17, 15) is 4.39 Å². The fourth-order valence-electron chi connectivity index (χ4n) is 1.36. The van der Waals surface area contributed by atoms with Gasteiger partial charge < -0.3 is 10.3 Å². The summed E-state index contributed by atoms with van der Waals surface area (Å²) in [6.07, 6.45) is 0. The van der Waals surface area contributed by atoms with Gasteiger partial charge in [-0.1, -0.05) is 17.3 Å². The van der Waals surface area contributed by atoms with E-state index in [4.69, 9.17) is 10.3 Å². The molecule has 0 aliphatic rings. The molecule has 0 amide bonds. The topological polar surface area (TPSA) is 52.0 Å². The summed E-state index contributed by atoms with van der Waals surface area (Å²) in [6.45, 7) is 1.81. The van der Waals surface area contributed by atoms with Crippen molar-refractivity contribution in [1.82, 2.24) is 5.16 Å². The van der Waals surface area contributed by atoms with Crippen LogP contribution < -0.4 is 5.73 Å². The molecule has 4 heteroatoms. The molecule has 2 aromatic rings. The van der Waals surface area contributed by atoms with Gasteiger partial charge in [0, 0.05) is 11.6 Å². The lowest BCUT2D eigenvalue weighted by Gasteiger charge is -2.01. The first kappa shape index (κ1) is 8.74. The van der Waals surface area contributed by atoms with Crippen LogP contribution in [0, 0.1) is 12.7 Å². The molecule has 0 fully saturated rings. The number of aromatic nitrogens is 1. The molecular weight excluding hydrogens is 183 g/mol. The van der Waals surface area contributed by atoms with Gasteiger partial charge in [-0.2, -0.15) is 0 Å². The Hall–Kier alpha value is -1.84. The number of halogens is 1. The summed E-state index contributed by atoms with van der Waals surface area (Å²) in [6, 6.07) is 6.35. The standard InChI is InChI=1S/C10H9FN2O/c1-6-3-2-4-7(11)10(6)8-5-9(12)14-13-8/h2-5H,12H2,1H3. The lowest BCUT2D eigenvalue weighted by molar-refractivity contribution is 0.438. The smallest absolute Gasteiger partial charge is 0.222 e. The lowest BCUT2D eigenvalue weighted by Crippen LogP contribution is -1.88. The van der Waals surface area contributed by atoms with Gasteiger partial charge in [0.15, 0.2) is 0 Å². The summed E-state index contributed by atoms with van der Waals surface area (Å²) < 4.78 is 18.1. The van der Waals surface area contributed by atoms with E-state index < -0.39 is 0 Å². The van der Waals surface area contributed by atoms with Crippen LogP contribution >= 0.6 is 0 Å². The molecule has 0 atom stereocenters. The van der Waals surface area contributed by atoms with Gasteiger partial charge in [-0.3, -0.25) is 0 Å². The summed E-state index contributed by atoms with van der Waals surface area (Å²) >= 11 is 0. The SMILES string of the molecule is Cc1cccc(F)c1-c1cc(N)on1. The van der Waals surface area contributed by atoms with Crippen molar-refractivity contribution in [2.75, 3.05) is 5.73 Å². The van der Waals surface area contributed by atoms with Crippen molar-refractivity contribution in [1.29, 1.82) is 0 Å². The number of hydrogen-bond acceptors (Lipinski definition) is 3. The molecule has 1 aromatic heterocycles. The molecule has 0 saturated heterocycles. The first-order valence-electron chi connectivity index (χ1n) is 4.16. The minimum Gasteiger partial charge on any atom is -0.368 e. The van der Waals surface area contributed by atoms with Crippen LogP contribution in [0.15, 0.2) is 28.8 Å². The molecule has 14 heavy (non-hydrogen) atoms. The maximum Gasteiger partial charge on any atom is 0.222 e. The van der Waals surface area contributed by atoms with Gasteiger partial charge in [0.1, 0.15) is 11.5 Å². The highest BCUT2D eigenvalue weighted by Crippen LogP contribution is 2.26. The van der Waals surface area contributed by atoms with Crippen molar-refractivity contribution in [2.24, 2.45) is 0 Å². The van der Waals surface area contributed by atoms with Gasteiger partial charge in [-0.15, -0.1) is 0 Å². The Morgan fingerprint density at radius 2 is 2.21 bits per heavy atom. The Bertz CT molecular complexity index is 445. The molecule has 0 radical (unpaired) electrons. The first-order valence-corrected chi connectivity index (χ1v) is 4.16. The quantitative estimate of drug-likeness (QED) is 0.754. The third-order valence-corrected chi connectivity index (χ3v) is 2.01. The summed E-state index contributed by atoms with van der Waals surface area (Å²) in [5.74, 6) is -0.138. The molecular formula is C10H9FN2O. The van der Waals surface area contributed by atoms with Gasteiger partial charge in [-0.25, -0.2) is 4.39 Å². The van der Waals surface area contributed by atoms with E-state index in [0.717, 1.165) is 5.56 Å². The highest BCUT2D eigenvalue weighted by molar-refractivity contribution is 5.65. The van der Waals surface area contributed by atoms with Crippen molar-refractivity contribution < 1.29 is 8.91 Å². The molecule has 0 bridgehead atoms. The maximum absolute atomic E-state index is 13.4. The Labute approximate surface area is 80.3 Å². The van der Waals surface area contributed by atoms with Crippen molar-refractivity contribution >= 4 is 5.88 Å². The molecule has 0 saturated carbocycles. The molecule has 0 aliphatic heterocycles.